The van der Waals surface area contributed by atoms with Crippen LogP contribution in [0.15, 0.2) is 42.5 Å². The van der Waals surface area contributed by atoms with E-state index in [0.29, 0.717) is 33.1 Å². The average Bonchev–Trinajstić information content (AvgIpc) is 3.32. The van der Waals surface area contributed by atoms with Gasteiger partial charge in [0.05, 0.1) is 11.4 Å². The minimum Gasteiger partial charge on any atom is -0.487 e. The zero-order valence-corrected chi connectivity index (χ0v) is 16.6. The first-order valence-electron chi connectivity index (χ1n) is 9.16. The number of carbonyl (C=O) groups is 2. The maximum Gasteiger partial charge on any atom is 0.257 e. The Morgan fingerprint density at radius 3 is 2.53 bits per heavy atom. The van der Waals surface area contributed by atoms with Crippen LogP contribution < -0.4 is 10.1 Å². The SMILES string of the molecule is CC(=O)c1ccc(-c2cc(F)cc3c2OC(CNC(=O)c2c(F)cccc2F)C3)s1. The molecule has 0 saturated carbocycles. The number of Topliss-reactive ketones (excluding diaryl/α,β-unsaturated/α-hetero) is 1. The first-order valence-corrected chi connectivity index (χ1v) is 9.97. The Kier molecular flexibility index (Phi) is 5.34. The van der Waals surface area contributed by atoms with Gasteiger partial charge in [0, 0.05) is 22.4 Å². The van der Waals surface area contributed by atoms with Crippen molar-refractivity contribution < 1.29 is 27.5 Å². The molecule has 0 radical (unpaired) electrons. The van der Waals surface area contributed by atoms with E-state index in [9.17, 15) is 22.8 Å². The van der Waals surface area contributed by atoms with Gasteiger partial charge in [0.15, 0.2) is 5.78 Å². The number of hydrogen-bond donors (Lipinski definition) is 1. The number of halogens is 3. The molecule has 8 heteroatoms. The van der Waals surface area contributed by atoms with Crippen molar-refractivity contribution in [2.24, 2.45) is 0 Å². The van der Waals surface area contributed by atoms with Crippen molar-refractivity contribution in [1.29, 1.82) is 0 Å². The van der Waals surface area contributed by atoms with Crippen LogP contribution >= 0.6 is 11.3 Å². The minimum atomic E-state index is -0.952. The van der Waals surface area contributed by atoms with Gasteiger partial charge < -0.3 is 10.1 Å². The molecule has 0 aliphatic carbocycles. The van der Waals surface area contributed by atoms with Gasteiger partial charge in [-0.25, -0.2) is 13.2 Å². The van der Waals surface area contributed by atoms with Crippen LogP contribution in [0.5, 0.6) is 5.75 Å². The fraction of sp³-hybridized carbons (Fsp3) is 0.182. The number of rotatable bonds is 5. The number of hydrogen-bond acceptors (Lipinski definition) is 4. The highest BCUT2D eigenvalue weighted by molar-refractivity contribution is 7.17. The van der Waals surface area contributed by atoms with Crippen molar-refractivity contribution in [3.8, 4) is 16.2 Å². The maximum absolute atomic E-state index is 14.2. The summed E-state index contributed by atoms with van der Waals surface area (Å²) >= 11 is 1.24. The van der Waals surface area contributed by atoms with Crippen LogP contribution in [0.4, 0.5) is 13.2 Å². The molecule has 1 amide bonds. The third kappa shape index (κ3) is 3.82. The van der Waals surface area contributed by atoms with Crippen LogP contribution in [0.2, 0.25) is 0 Å². The molecule has 0 fully saturated rings. The molecule has 30 heavy (non-hydrogen) atoms. The lowest BCUT2D eigenvalue weighted by Gasteiger charge is -2.13. The largest absolute Gasteiger partial charge is 0.487 e. The van der Waals surface area contributed by atoms with E-state index in [0.717, 1.165) is 12.1 Å². The van der Waals surface area contributed by atoms with Crippen LogP contribution in [-0.4, -0.2) is 24.3 Å². The van der Waals surface area contributed by atoms with Gasteiger partial charge >= 0.3 is 0 Å². The number of fused-ring (bicyclic) bond motifs is 1. The predicted molar refractivity (Wildman–Crippen MR) is 107 cm³/mol. The third-order valence-corrected chi connectivity index (χ3v) is 5.98. The Labute approximate surface area is 174 Å². The fourth-order valence-corrected chi connectivity index (χ4v) is 4.29. The molecule has 1 aromatic heterocycles. The molecule has 2 aromatic carbocycles. The molecule has 1 aliphatic rings. The van der Waals surface area contributed by atoms with E-state index in [1.165, 1.54) is 36.5 Å². The van der Waals surface area contributed by atoms with Crippen LogP contribution in [0.1, 0.15) is 32.5 Å². The molecule has 1 atom stereocenters. The highest BCUT2D eigenvalue weighted by Crippen LogP contribution is 2.42. The summed E-state index contributed by atoms with van der Waals surface area (Å²) < 4.78 is 47.6. The number of benzene rings is 2. The number of ketones is 1. The Hall–Kier alpha value is -3.13. The highest BCUT2D eigenvalue weighted by atomic mass is 32.1. The quantitative estimate of drug-likeness (QED) is 0.592. The monoisotopic (exact) mass is 431 g/mol. The second-order valence-electron chi connectivity index (χ2n) is 6.91. The summed E-state index contributed by atoms with van der Waals surface area (Å²) in [6.07, 6.45) is -0.197. The lowest BCUT2D eigenvalue weighted by Crippen LogP contribution is -2.35. The van der Waals surface area contributed by atoms with Gasteiger partial charge in [-0.05, 0) is 43.3 Å². The molecule has 4 nitrogen and oxygen atoms in total. The number of carbonyl (C=O) groups excluding carboxylic acids is 2. The van der Waals surface area contributed by atoms with Crippen molar-refractivity contribution in [2.45, 2.75) is 19.4 Å². The maximum atomic E-state index is 14.2. The summed E-state index contributed by atoms with van der Waals surface area (Å²) in [4.78, 5) is 25.0. The van der Waals surface area contributed by atoms with Crippen molar-refractivity contribution in [3.05, 3.63) is 75.9 Å². The summed E-state index contributed by atoms with van der Waals surface area (Å²) in [5.74, 6) is -2.84. The van der Waals surface area contributed by atoms with Gasteiger partial charge in [0.25, 0.3) is 5.91 Å². The minimum absolute atomic E-state index is 0.00845. The molecule has 2 heterocycles. The molecule has 1 N–H and O–H groups in total. The Morgan fingerprint density at radius 2 is 1.87 bits per heavy atom. The Balaban J connectivity index is 1.52. The summed E-state index contributed by atoms with van der Waals surface area (Å²) in [5.41, 5.74) is 0.491. The van der Waals surface area contributed by atoms with Crippen LogP contribution in [0.3, 0.4) is 0 Å². The second-order valence-corrected chi connectivity index (χ2v) is 8.00. The van der Waals surface area contributed by atoms with Gasteiger partial charge in [0.2, 0.25) is 0 Å². The average molecular weight is 431 g/mol. The number of amides is 1. The van der Waals surface area contributed by atoms with Crippen LogP contribution in [0, 0.1) is 17.5 Å². The summed E-state index contributed by atoms with van der Waals surface area (Å²) in [6.45, 7) is 1.45. The topological polar surface area (TPSA) is 55.4 Å². The number of nitrogens with one attached hydrogen (secondary N) is 1. The van der Waals surface area contributed by atoms with Crippen LogP contribution in [0.25, 0.3) is 10.4 Å². The second kappa shape index (κ2) is 7.95. The normalized spacial score (nSPS) is 14.9. The van der Waals surface area contributed by atoms with Gasteiger partial charge in [-0.15, -0.1) is 11.3 Å². The molecule has 3 aromatic rings. The molecule has 1 unspecified atom stereocenters. The van der Waals surface area contributed by atoms with E-state index in [1.807, 2.05) is 0 Å². The molecule has 1 aliphatic heterocycles. The van der Waals surface area contributed by atoms with Gasteiger partial charge in [-0.2, -0.15) is 0 Å². The Morgan fingerprint density at radius 1 is 1.13 bits per heavy atom. The molecule has 0 saturated heterocycles. The van der Waals surface area contributed by atoms with Gasteiger partial charge in [-0.1, -0.05) is 6.07 Å². The molecule has 4 rings (SSSR count). The third-order valence-electron chi connectivity index (χ3n) is 4.76. The smallest absolute Gasteiger partial charge is 0.257 e. The molecule has 0 bridgehead atoms. The fourth-order valence-electron chi connectivity index (χ4n) is 3.37. The summed E-state index contributed by atoms with van der Waals surface area (Å²) in [6, 6.07) is 9.29. The zero-order valence-electron chi connectivity index (χ0n) is 15.8. The Bertz CT molecular complexity index is 1140. The standard InChI is InChI=1S/C22H16F3NO3S/c1-11(27)18-5-6-19(30-18)15-9-13(23)7-12-8-14(29-21(12)15)10-26-22(28)20-16(24)3-2-4-17(20)25/h2-7,9,14H,8,10H2,1H3,(H,26,28). The van der Waals surface area contributed by atoms with Gasteiger partial charge in [-0.3, -0.25) is 9.59 Å². The molecule has 0 spiro atoms. The predicted octanol–water partition coefficient (Wildman–Crippen LogP) is 4.77. The van der Waals surface area contributed by atoms with Crippen molar-refractivity contribution in [3.63, 3.8) is 0 Å². The van der Waals surface area contributed by atoms with Crippen LogP contribution in [-0.2, 0) is 6.42 Å². The van der Waals surface area contributed by atoms with E-state index < -0.39 is 35.0 Å². The van der Waals surface area contributed by atoms with E-state index in [4.69, 9.17) is 4.74 Å². The van der Waals surface area contributed by atoms with Crippen molar-refractivity contribution >= 4 is 23.0 Å². The van der Waals surface area contributed by atoms with Crippen molar-refractivity contribution in [1.82, 2.24) is 5.32 Å². The van der Waals surface area contributed by atoms with Crippen molar-refractivity contribution in [2.75, 3.05) is 6.54 Å². The first-order chi connectivity index (χ1) is 14.3. The molecular formula is C22H16F3NO3S. The number of thiophene rings is 1. The summed E-state index contributed by atoms with van der Waals surface area (Å²) in [5, 5.41) is 2.47. The first kappa shape index (κ1) is 20.2. The van der Waals surface area contributed by atoms with E-state index in [1.54, 1.807) is 12.1 Å². The van der Waals surface area contributed by atoms with E-state index in [-0.39, 0.29) is 12.3 Å². The molecular weight excluding hydrogens is 415 g/mol. The number of ether oxygens (including phenoxy) is 1. The lowest BCUT2D eigenvalue weighted by molar-refractivity contribution is 0.0924. The highest BCUT2D eigenvalue weighted by Gasteiger charge is 2.28. The summed E-state index contributed by atoms with van der Waals surface area (Å²) in [7, 11) is 0. The lowest BCUT2D eigenvalue weighted by atomic mass is 10.0. The van der Waals surface area contributed by atoms with Gasteiger partial charge in [0.1, 0.15) is 34.9 Å². The zero-order chi connectivity index (χ0) is 21.4. The van der Waals surface area contributed by atoms with E-state index in [2.05, 4.69) is 5.32 Å². The van der Waals surface area contributed by atoms with E-state index >= 15 is 0 Å². The molecule has 154 valence electrons.